The van der Waals surface area contributed by atoms with Crippen LogP contribution in [0.5, 0.6) is 0 Å². The number of H-pyrrole nitrogens is 4. The van der Waals surface area contributed by atoms with Crippen molar-refractivity contribution in [2.24, 2.45) is 0 Å². The number of phosphoric ester groups is 6. The minimum absolute atomic E-state index is 0. The van der Waals surface area contributed by atoms with Crippen molar-refractivity contribution in [2.45, 2.75) is 179 Å². The van der Waals surface area contributed by atoms with Crippen LogP contribution in [0.1, 0.15) is 51.0 Å². The first kappa shape index (κ1) is 108. The van der Waals surface area contributed by atoms with Gasteiger partial charge in [0.15, 0.2) is 77.4 Å². The predicted octanol–water partition coefficient (Wildman–Crippen LogP) is -10.6. The van der Waals surface area contributed by atoms with Gasteiger partial charge in [-0.3, -0.25) is 125 Å². The number of anilines is 5. The fourth-order valence-corrected chi connectivity index (χ4v) is 22.1. The molecule has 0 amide bonds. The number of aromatic amines is 4. The highest BCUT2D eigenvalue weighted by atomic mass is 31.2. The smallest absolute Gasteiger partial charge is 0.394 e. The fourth-order valence-electron chi connectivity index (χ4n) is 16.3. The number of nitrogens with two attached hydrogens (primary N) is 5. The van der Waals surface area contributed by atoms with E-state index < -0.39 is 350 Å². The van der Waals surface area contributed by atoms with Crippen molar-refractivity contribution >= 4 is 110 Å². The minimum atomic E-state index is -6.11. The van der Waals surface area contributed by atoms with Crippen molar-refractivity contribution in [3.05, 3.63) is 158 Å². The third kappa shape index (κ3) is 22.5. The zero-order chi connectivity index (χ0) is 104. The lowest BCUT2D eigenvalue weighted by molar-refractivity contribution is -0.0662. The molecule has 13 unspecified atom stereocenters. The summed E-state index contributed by atoms with van der Waals surface area (Å²) < 4.78 is 195. The van der Waals surface area contributed by atoms with E-state index in [0.29, 0.717) is 24.3 Å². The Kier molecular flexibility index (Phi) is 31.2. The first-order valence-electron chi connectivity index (χ1n) is 41.6. The van der Waals surface area contributed by atoms with Crippen molar-refractivity contribution < 1.29 is 190 Å². The SMILES string of the molecule is C.Nc1ccn([C@@H]2O[C@H](CO)C(OP(=O)(O)OC[C@H]3O[C@@H](n4cnc5c(=O)[nH]c(N)nc54)[C@@H](O)C3OP(=O)(O)OC[C@H]3O[C@@H](n4ccc(=O)[nH]c4=O)[C@@H](O)C3OP(=O)(O)OC[C@H]3O[C@@H](n4cnc5c(N)ncnc54)[C@@H](O)C3OP(=O)(O)OC[C@H]3O[C@@H](n4ccc(N)nc4=O)[C@@H](O)C3OP(=O)(O)OC[C@H]3O[C@@H](n4cnc5c(=O)[nH]c(N)nc54)[C@@H](O)C3OP(=O)(O)OC[C@H]3O[C@@H](n4ccc(=O)[nH]c4=O)[C@@H](O)C3O)[C@@H]2O)c(=O)n1. The molecule has 146 heavy (non-hydrogen) atoms. The van der Waals surface area contributed by atoms with Gasteiger partial charge in [-0.05, 0) is 12.1 Å². The Balaban J connectivity index is 0.0000152. The summed E-state index contributed by atoms with van der Waals surface area (Å²) in [6, 6.07) is 3.68. The van der Waals surface area contributed by atoms with Gasteiger partial charge in [0.2, 0.25) is 11.9 Å². The normalized spacial score (nSPS) is 32.5. The summed E-state index contributed by atoms with van der Waals surface area (Å²) in [5, 5.41) is 103. The molecule has 17 heterocycles. The van der Waals surface area contributed by atoms with Gasteiger partial charge >= 0.3 is 69.7 Å². The maximum Gasteiger partial charge on any atom is 0.472 e. The first-order valence-corrected chi connectivity index (χ1v) is 50.6. The molecule has 0 bridgehead atoms. The maximum atomic E-state index is 14.7. The van der Waals surface area contributed by atoms with Crippen LogP contribution in [-0.2, 0) is 115 Å². The number of nitrogens with zero attached hydrogens (tertiary/aromatic N) is 16. The van der Waals surface area contributed by atoms with Gasteiger partial charge in [0, 0.05) is 36.9 Å². The Hall–Kier alpha value is -10.6. The molecule has 29 N–H and O–H groups in total. The van der Waals surface area contributed by atoms with E-state index in [1.165, 1.54) is 0 Å². The Morgan fingerprint density at radius 3 is 0.918 bits per heavy atom. The first-order chi connectivity index (χ1) is 68.3. The van der Waals surface area contributed by atoms with E-state index in [0.717, 1.165) is 82.0 Å². The van der Waals surface area contributed by atoms with E-state index in [1.54, 1.807) is 0 Å². The summed E-state index contributed by atoms with van der Waals surface area (Å²) >= 11 is 0. The van der Waals surface area contributed by atoms with Gasteiger partial charge in [-0.2, -0.15) is 19.9 Å². The summed E-state index contributed by atoms with van der Waals surface area (Å²) in [7, 11) is -35.7. The van der Waals surface area contributed by atoms with Crippen LogP contribution in [-0.4, -0.2) is 347 Å². The third-order valence-corrected chi connectivity index (χ3v) is 28.8. The van der Waals surface area contributed by atoms with E-state index >= 15 is 0 Å². The molecule has 798 valence electrons. The molecule has 0 spiro atoms. The Morgan fingerprint density at radius 1 is 0.322 bits per heavy atom. The molecule has 7 saturated heterocycles. The minimum Gasteiger partial charge on any atom is -0.394 e. The quantitative estimate of drug-likeness (QED) is 0.0160. The number of phosphoric acid groups is 6. The highest BCUT2D eigenvalue weighted by Gasteiger charge is 2.59. The second kappa shape index (κ2) is 42.1. The Bertz CT molecular complexity index is 7370. The van der Waals surface area contributed by atoms with E-state index in [2.05, 4.69) is 54.8 Å². The van der Waals surface area contributed by atoms with E-state index in [4.69, 9.17) is 116 Å². The molecule has 7 aliphatic rings. The lowest BCUT2D eigenvalue weighted by Crippen LogP contribution is -2.39. The summed E-state index contributed by atoms with van der Waals surface area (Å²) in [6.07, 6.45) is -53.4. The number of ether oxygens (including phenoxy) is 7. The molecule has 10 aromatic heterocycles. The molecule has 7 aliphatic heterocycles. The molecule has 73 nitrogen and oxygen atoms in total. The molecule has 0 aromatic carbocycles. The van der Waals surface area contributed by atoms with Crippen LogP contribution in [0.4, 0.5) is 29.4 Å². The second-order valence-corrected chi connectivity index (χ2v) is 40.8. The summed E-state index contributed by atoms with van der Waals surface area (Å²) in [5.74, 6) is -2.01. The topological polar surface area (TPSA) is 1060 Å². The van der Waals surface area contributed by atoms with E-state index in [9.17, 15) is 141 Å². The average Bonchev–Trinajstić information content (AvgIpc) is 1.61. The Morgan fingerprint density at radius 2 is 0.596 bits per heavy atom. The largest absolute Gasteiger partial charge is 0.472 e. The summed E-state index contributed by atoms with van der Waals surface area (Å²) in [6.45, 7) is -9.57. The van der Waals surface area contributed by atoms with Gasteiger partial charge in [0.05, 0.1) is 65.2 Å². The average molecular weight is 2200 g/mol. The molecule has 7 fully saturated rings. The highest BCUT2D eigenvalue weighted by Crippen LogP contribution is 2.58. The summed E-state index contributed by atoms with van der Waals surface area (Å²) in [5.41, 5.74) is 18.1. The highest BCUT2D eigenvalue weighted by molar-refractivity contribution is 7.48. The number of nitrogens with one attached hydrogen (secondary N) is 4. The van der Waals surface area contributed by atoms with Crippen LogP contribution in [0.15, 0.2) is 113 Å². The number of aliphatic hydroxyl groups excluding tert-OH is 9. The molecular formula is C67H87N25O48P6. The van der Waals surface area contributed by atoms with Crippen molar-refractivity contribution in [2.75, 3.05) is 74.9 Å². The number of imidazole rings is 3. The number of fused-ring (bicyclic) bond motifs is 3. The van der Waals surface area contributed by atoms with Gasteiger partial charge in [-0.25, -0.2) is 71.5 Å². The molecule has 17 rings (SSSR count). The lowest BCUT2D eigenvalue weighted by Gasteiger charge is -2.27. The van der Waals surface area contributed by atoms with Crippen LogP contribution in [0.25, 0.3) is 33.5 Å². The van der Waals surface area contributed by atoms with Crippen molar-refractivity contribution in [3.63, 3.8) is 0 Å². The van der Waals surface area contributed by atoms with E-state index in [-0.39, 0.29) is 30.2 Å². The molecule has 34 atom stereocenters. The van der Waals surface area contributed by atoms with Gasteiger partial charge < -0.3 is 137 Å². The number of hydrogen-bond acceptors (Lipinski definition) is 56. The van der Waals surface area contributed by atoms with Crippen LogP contribution < -0.4 is 73.7 Å². The van der Waals surface area contributed by atoms with E-state index in [1.807, 2.05) is 9.97 Å². The van der Waals surface area contributed by atoms with Crippen molar-refractivity contribution in [1.82, 2.24) is 96.8 Å². The second-order valence-electron chi connectivity index (χ2n) is 32.3. The van der Waals surface area contributed by atoms with Gasteiger partial charge in [-0.15, -0.1) is 0 Å². The lowest BCUT2D eigenvalue weighted by atomic mass is 10.1. The molecule has 0 radical (unpaired) electrons. The van der Waals surface area contributed by atoms with Crippen molar-refractivity contribution in [3.8, 4) is 0 Å². The number of nitrogen functional groups attached to an aromatic ring is 5. The van der Waals surface area contributed by atoms with Gasteiger partial charge in [0.1, 0.15) is 152 Å². The maximum absolute atomic E-state index is 14.7. The number of rotatable bonds is 38. The van der Waals surface area contributed by atoms with Gasteiger partial charge in [0.25, 0.3) is 22.2 Å². The standard InChI is InChI=1S/C66H83N25O48P6.CH4/c67-27-1-5-85(63(105)77-27)55-36(97)42(20(9-92)127-55)134-141(111,112)122-14-25-47(41(102)60(132-25)91-19-76-33-51(91)82-62(71)84-53(33)104)139-145(119,120)124-12-23-44(38(99)57(130-23)88-8-4-30(94)80-66(88)108)136-142(113,114)125-13-24-45(39(100)58(131-24)89-17-74-31-48(69)72-16-73-49(31)89)138-144(117,118)123-11-22-43(37(98)56(129-22)86-6-2-28(68)78-64(86)106)135-143(115,116)126-15-26-46(40(101)59(133-26)90-18-75-32-50(90)81-61(70)83-52(32)103)137-140(109,110)121-10-21-34(95)35(96)54(128-21)87-7-3-29(93)79-65(87)107;/h1-8,16-26,34-47,54-60,92,95-102H,9-15H2,(H,109,110)(H,111,112)(H,113,114)(H,115,116)(H,117,118)(H,119,120)(H2,67,77,105)(H2,68,78,106)(H2,69,72,73)(H,79,93,107)(H,80,94,108)(H3,70,81,83,103)(H3,71,82,84,104);1H4/t20-,21-,22-,23-,24-,25-,26-,34?,35+,36+,37+,38+,39+,40+,41+,42?,43?,44?,45?,46?,47?,54-,55-,56-,57-,58-,59-,60-;/m1./s1. The number of aliphatic hydroxyl groups is 9. The molecule has 10 aromatic rings. The number of hydrogen-bond donors (Lipinski definition) is 24. The fraction of sp³-hybridized carbons (Fsp3) is 0.537. The zero-order valence-corrected chi connectivity index (χ0v) is 77.8. The predicted molar refractivity (Wildman–Crippen MR) is 466 cm³/mol. The van der Waals surface area contributed by atoms with Crippen LogP contribution in [0, 0.1) is 0 Å². The molecule has 0 aliphatic carbocycles. The monoisotopic (exact) mass is 2200 g/mol. The van der Waals surface area contributed by atoms with Gasteiger partial charge in [-0.1, -0.05) is 7.43 Å². The Labute approximate surface area is 805 Å². The van der Waals surface area contributed by atoms with Crippen LogP contribution in [0.3, 0.4) is 0 Å². The van der Waals surface area contributed by atoms with Crippen LogP contribution >= 0.6 is 46.9 Å². The molecule has 0 saturated carbocycles. The zero-order valence-electron chi connectivity index (χ0n) is 72.4. The number of aromatic nitrogens is 20. The molecule has 79 heteroatoms. The summed E-state index contributed by atoms with van der Waals surface area (Å²) in [4.78, 5) is 214. The molecular weight excluding hydrogens is 2110 g/mol. The third-order valence-electron chi connectivity index (χ3n) is 22.9. The van der Waals surface area contributed by atoms with Crippen molar-refractivity contribution in [1.29, 1.82) is 0 Å². The van der Waals surface area contributed by atoms with Crippen LogP contribution in [0.2, 0.25) is 0 Å².